The molecule has 0 amide bonds. The Morgan fingerprint density at radius 3 is 2.02 bits per heavy atom. The third-order valence-corrected chi connectivity index (χ3v) is 11.1. The van der Waals surface area contributed by atoms with Crippen LogP contribution in [0.5, 0.6) is 0 Å². The normalized spacial score (nSPS) is 13.7. The van der Waals surface area contributed by atoms with Crippen LogP contribution in [0.25, 0.3) is 98.8 Å². The average molecular weight is 627 g/mol. The van der Waals surface area contributed by atoms with E-state index in [0.717, 1.165) is 43.9 Å². The van der Waals surface area contributed by atoms with Crippen LogP contribution in [0.15, 0.2) is 154 Å². The molecule has 0 unspecified atom stereocenters. The first-order valence-corrected chi connectivity index (χ1v) is 17.0. The topological polar surface area (TPSA) is 26.3 Å². The number of para-hydroxylation sites is 1. The lowest BCUT2D eigenvalue weighted by molar-refractivity contribution is 0.661. The molecule has 0 aliphatic heterocycles. The van der Waals surface area contributed by atoms with Gasteiger partial charge in [-0.15, -0.1) is 0 Å². The van der Waals surface area contributed by atoms with Crippen LogP contribution >= 0.6 is 0 Å². The Morgan fingerprint density at radius 2 is 1.08 bits per heavy atom. The van der Waals surface area contributed by atoms with Crippen molar-refractivity contribution in [1.82, 2.24) is 0 Å². The molecule has 0 spiro atoms. The molecule has 2 heterocycles. The van der Waals surface area contributed by atoms with Crippen LogP contribution in [0, 0.1) is 0 Å². The van der Waals surface area contributed by atoms with Crippen molar-refractivity contribution in [2.75, 3.05) is 0 Å². The van der Waals surface area contributed by atoms with Gasteiger partial charge in [0, 0.05) is 32.3 Å². The molecule has 8 aromatic carbocycles. The summed E-state index contributed by atoms with van der Waals surface area (Å²) >= 11 is 0. The molecular weight excluding hydrogens is 597 g/mol. The van der Waals surface area contributed by atoms with Crippen molar-refractivity contribution in [2.45, 2.75) is 19.3 Å². The number of furan rings is 2. The zero-order valence-corrected chi connectivity index (χ0v) is 27.2. The van der Waals surface area contributed by atoms with E-state index >= 15 is 0 Å². The van der Waals surface area contributed by atoms with Gasteiger partial charge in [0.1, 0.15) is 22.3 Å². The number of rotatable bonds is 2. The summed E-state index contributed by atoms with van der Waals surface area (Å²) in [5.41, 5.74) is 13.7. The van der Waals surface area contributed by atoms with Crippen molar-refractivity contribution in [1.29, 1.82) is 0 Å². The zero-order chi connectivity index (χ0) is 32.4. The second-order valence-corrected chi connectivity index (χ2v) is 14.1. The molecule has 2 nitrogen and oxygen atoms in total. The van der Waals surface area contributed by atoms with E-state index in [4.69, 9.17) is 8.83 Å². The van der Waals surface area contributed by atoms with Gasteiger partial charge >= 0.3 is 0 Å². The van der Waals surface area contributed by atoms with Crippen molar-refractivity contribution in [3.8, 4) is 33.4 Å². The Bertz CT molecular complexity index is 3020. The van der Waals surface area contributed by atoms with Gasteiger partial charge in [-0.1, -0.05) is 111 Å². The van der Waals surface area contributed by atoms with Crippen molar-refractivity contribution in [2.24, 2.45) is 0 Å². The van der Waals surface area contributed by atoms with Crippen molar-refractivity contribution < 1.29 is 8.83 Å². The van der Waals surface area contributed by atoms with E-state index in [1.165, 1.54) is 66.1 Å². The molecule has 0 N–H and O–H groups in total. The predicted octanol–water partition coefficient (Wildman–Crippen LogP) is 13.4. The van der Waals surface area contributed by atoms with Crippen molar-refractivity contribution in [3.05, 3.63) is 157 Å². The summed E-state index contributed by atoms with van der Waals surface area (Å²) in [6.45, 7) is 4.74. The average Bonchev–Trinajstić information content (AvgIpc) is 3.78. The molecule has 0 radical (unpaired) electrons. The molecule has 1 aliphatic carbocycles. The van der Waals surface area contributed by atoms with E-state index in [1.807, 2.05) is 12.1 Å². The van der Waals surface area contributed by atoms with E-state index < -0.39 is 0 Å². The van der Waals surface area contributed by atoms with Gasteiger partial charge in [0.2, 0.25) is 0 Å². The summed E-state index contributed by atoms with van der Waals surface area (Å²) in [5.74, 6) is 0. The zero-order valence-electron chi connectivity index (χ0n) is 27.2. The highest BCUT2D eigenvalue weighted by Crippen LogP contribution is 2.52. The third kappa shape index (κ3) is 3.66. The number of fused-ring (bicyclic) bond motifs is 12. The van der Waals surface area contributed by atoms with Crippen LogP contribution in [-0.2, 0) is 5.41 Å². The molecule has 230 valence electrons. The maximum atomic E-state index is 6.54. The summed E-state index contributed by atoms with van der Waals surface area (Å²) in [7, 11) is 0. The number of benzene rings is 8. The van der Waals surface area contributed by atoms with E-state index in [9.17, 15) is 0 Å². The summed E-state index contributed by atoms with van der Waals surface area (Å²) in [4.78, 5) is 0. The standard InChI is InChI=1S/C47H30O2/c1-47(2)40-24-29(32-14-8-16-43-45(32)37-22-17-27-9-3-4-11-33(27)46(37)49-43)18-20-34(40)39-23-28-10-7-13-31(38(28)26-41(39)47)30-19-21-36-35-12-5-6-15-42(35)48-44(36)25-30/h3-26H,1-2H3. The molecule has 2 aromatic heterocycles. The molecule has 0 fully saturated rings. The Balaban J connectivity index is 1.06. The summed E-state index contributed by atoms with van der Waals surface area (Å²) in [6.07, 6.45) is 0. The van der Waals surface area contributed by atoms with Crippen molar-refractivity contribution >= 4 is 65.4 Å². The van der Waals surface area contributed by atoms with E-state index in [1.54, 1.807) is 0 Å². The summed E-state index contributed by atoms with van der Waals surface area (Å²) < 4.78 is 12.8. The maximum absolute atomic E-state index is 6.54. The number of hydrogen-bond donors (Lipinski definition) is 0. The van der Waals surface area contributed by atoms with Crippen LogP contribution in [0.2, 0.25) is 0 Å². The van der Waals surface area contributed by atoms with Gasteiger partial charge in [-0.2, -0.15) is 0 Å². The minimum atomic E-state index is -0.173. The monoisotopic (exact) mass is 626 g/mol. The SMILES string of the molecule is CC1(C)c2cc(-c3cccc4oc5c6ccccc6ccc5c34)ccc2-c2cc3cccc(-c4ccc5c(c4)oc4ccccc45)c3cc21. The van der Waals surface area contributed by atoms with E-state index in [2.05, 4.69) is 147 Å². The van der Waals surface area contributed by atoms with Crippen LogP contribution in [0.4, 0.5) is 0 Å². The fourth-order valence-electron chi connectivity index (χ4n) is 8.61. The predicted molar refractivity (Wildman–Crippen MR) is 204 cm³/mol. The largest absolute Gasteiger partial charge is 0.456 e. The lowest BCUT2D eigenvalue weighted by atomic mass is 9.80. The second-order valence-electron chi connectivity index (χ2n) is 14.1. The fourth-order valence-corrected chi connectivity index (χ4v) is 8.61. The van der Waals surface area contributed by atoms with Gasteiger partial charge in [-0.25, -0.2) is 0 Å². The lowest BCUT2D eigenvalue weighted by Gasteiger charge is -2.23. The van der Waals surface area contributed by atoms with Crippen LogP contribution < -0.4 is 0 Å². The molecule has 0 bridgehead atoms. The summed E-state index contributed by atoms with van der Waals surface area (Å²) in [5, 5.41) is 9.50. The molecule has 1 aliphatic rings. The summed E-state index contributed by atoms with van der Waals surface area (Å²) in [6, 6.07) is 52.8. The number of hydrogen-bond acceptors (Lipinski definition) is 2. The van der Waals surface area contributed by atoms with E-state index in [0.29, 0.717) is 0 Å². The third-order valence-electron chi connectivity index (χ3n) is 11.1. The smallest absolute Gasteiger partial charge is 0.143 e. The Kier molecular flexibility index (Phi) is 5.21. The molecule has 2 heteroatoms. The van der Waals surface area contributed by atoms with Crippen molar-refractivity contribution in [3.63, 3.8) is 0 Å². The molecule has 11 rings (SSSR count). The first-order chi connectivity index (χ1) is 24.0. The minimum Gasteiger partial charge on any atom is -0.456 e. The highest BCUT2D eigenvalue weighted by Gasteiger charge is 2.36. The molecular formula is C47H30O2. The molecule has 0 atom stereocenters. The Hall–Kier alpha value is -6.12. The van der Waals surface area contributed by atoms with Gasteiger partial charge < -0.3 is 8.83 Å². The Morgan fingerprint density at radius 1 is 0.388 bits per heavy atom. The van der Waals surface area contributed by atoms with Crippen LogP contribution in [0.1, 0.15) is 25.0 Å². The van der Waals surface area contributed by atoms with Gasteiger partial charge in [0.15, 0.2) is 0 Å². The lowest BCUT2D eigenvalue weighted by Crippen LogP contribution is -2.15. The van der Waals surface area contributed by atoms with E-state index in [-0.39, 0.29) is 5.41 Å². The first-order valence-electron chi connectivity index (χ1n) is 17.0. The molecule has 49 heavy (non-hydrogen) atoms. The highest BCUT2D eigenvalue weighted by atomic mass is 16.3. The highest BCUT2D eigenvalue weighted by molar-refractivity contribution is 6.19. The van der Waals surface area contributed by atoms with Gasteiger partial charge in [-0.05, 0) is 109 Å². The molecule has 0 saturated heterocycles. The fraction of sp³-hybridized carbons (Fsp3) is 0.0638. The quantitative estimate of drug-likeness (QED) is 0.191. The minimum absolute atomic E-state index is 0.173. The van der Waals surface area contributed by atoms with Gasteiger partial charge in [0.25, 0.3) is 0 Å². The van der Waals surface area contributed by atoms with Gasteiger partial charge in [-0.3, -0.25) is 0 Å². The van der Waals surface area contributed by atoms with Crippen LogP contribution in [-0.4, -0.2) is 0 Å². The maximum Gasteiger partial charge on any atom is 0.143 e. The molecule has 10 aromatic rings. The van der Waals surface area contributed by atoms with Gasteiger partial charge in [0.05, 0.1) is 0 Å². The second kappa shape index (κ2) is 9.49. The first kappa shape index (κ1) is 26.9. The van der Waals surface area contributed by atoms with Crippen LogP contribution in [0.3, 0.4) is 0 Å². The molecule has 0 saturated carbocycles. The Labute approximate surface area is 282 Å².